The average molecular weight is 263 g/mol. The Balaban J connectivity index is 4.29. The van der Waals surface area contributed by atoms with Gasteiger partial charge in [-0.1, -0.05) is 19.9 Å². The lowest BCUT2D eigenvalue weighted by Gasteiger charge is -2.15. The van der Waals surface area contributed by atoms with Crippen molar-refractivity contribution >= 4 is 16.0 Å². The molecule has 0 fully saturated rings. The van der Waals surface area contributed by atoms with Gasteiger partial charge in [0.1, 0.15) is 0 Å². The van der Waals surface area contributed by atoms with E-state index in [0.29, 0.717) is 12.8 Å². The first-order valence-corrected chi connectivity index (χ1v) is 7.24. The molecule has 6 heteroatoms. The molecule has 0 aliphatic carbocycles. The van der Waals surface area contributed by atoms with Crippen LogP contribution in [0.3, 0.4) is 0 Å². The van der Waals surface area contributed by atoms with Crippen molar-refractivity contribution in [3.8, 4) is 0 Å². The van der Waals surface area contributed by atoms with Gasteiger partial charge < -0.3 is 5.11 Å². The number of carboxylic acid groups (broad SMARTS) is 1. The first kappa shape index (κ1) is 16.1. The van der Waals surface area contributed by atoms with E-state index in [9.17, 15) is 13.2 Å². The third kappa shape index (κ3) is 7.93. The van der Waals surface area contributed by atoms with E-state index < -0.39 is 21.9 Å². The van der Waals surface area contributed by atoms with E-state index in [1.807, 2.05) is 13.8 Å². The molecule has 0 aliphatic rings. The molecule has 0 saturated carbocycles. The SMILES string of the molecule is C=CCCS(=O)(=O)NCC(CC(C)C)C(=O)O. The lowest BCUT2D eigenvalue weighted by atomic mass is 9.98. The van der Waals surface area contributed by atoms with Gasteiger partial charge >= 0.3 is 5.97 Å². The third-order valence-electron chi connectivity index (χ3n) is 2.25. The third-order valence-corrected chi connectivity index (χ3v) is 3.63. The molecule has 0 rings (SSSR count). The van der Waals surface area contributed by atoms with Gasteiger partial charge in [-0.2, -0.15) is 0 Å². The van der Waals surface area contributed by atoms with E-state index in [1.165, 1.54) is 6.08 Å². The number of carboxylic acids is 1. The van der Waals surface area contributed by atoms with Crippen LogP contribution < -0.4 is 4.72 Å². The predicted octanol–water partition coefficient (Wildman–Crippen LogP) is 1.23. The summed E-state index contributed by atoms with van der Waals surface area (Å²) in [5, 5.41) is 8.94. The van der Waals surface area contributed by atoms with Crippen molar-refractivity contribution in [2.24, 2.45) is 11.8 Å². The van der Waals surface area contributed by atoms with Crippen LogP contribution in [0.15, 0.2) is 12.7 Å². The summed E-state index contributed by atoms with van der Waals surface area (Å²) in [6, 6.07) is 0. The van der Waals surface area contributed by atoms with Crippen LogP contribution in [0.2, 0.25) is 0 Å². The molecule has 0 aromatic rings. The zero-order chi connectivity index (χ0) is 13.5. The maximum Gasteiger partial charge on any atom is 0.307 e. The maximum atomic E-state index is 11.5. The van der Waals surface area contributed by atoms with E-state index in [1.54, 1.807) is 0 Å². The Morgan fingerprint density at radius 3 is 2.47 bits per heavy atom. The number of carbonyl (C=O) groups is 1. The fourth-order valence-corrected chi connectivity index (χ4v) is 2.46. The van der Waals surface area contributed by atoms with Crippen molar-refractivity contribution in [2.45, 2.75) is 26.7 Å². The van der Waals surface area contributed by atoms with Gasteiger partial charge in [-0.15, -0.1) is 6.58 Å². The monoisotopic (exact) mass is 263 g/mol. The molecular weight excluding hydrogens is 242 g/mol. The summed E-state index contributed by atoms with van der Waals surface area (Å²) in [5.41, 5.74) is 0. The molecule has 1 unspecified atom stereocenters. The number of sulfonamides is 1. The van der Waals surface area contributed by atoms with Gasteiger partial charge in [0.25, 0.3) is 0 Å². The Morgan fingerprint density at radius 1 is 1.47 bits per heavy atom. The zero-order valence-corrected chi connectivity index (χ0v) is 11.2. The van der Waals surface area contributed by atoms with Crippen LogP contribution in [-0.2, 0) is 14.8 Å². The van der Waals surface area contributed by atoms with E-state index in [-0.39, 0.29) is 18.2 Å². The van der Waals surface area contributed by atoms with Gasteiger partial charge in [-0.25, -0.2) is 13.1 Å². The quantitative estimate of drug-likeness (QED) is 0.613. The van der Waals surface area contributed by atoms with Gasteiger partial charge in [0.05, 0.1) is 11.7 Å². The highest BCUT2D eigenvalue weighted by atomic mass is 32.2. The molecule has 0 amide bonds. The fraction of sp³-hybridized carbons (Fsp3) is 0.727. The number of allylic oxidation sites excluding steroid dienone is 1. The van der Waals surface area contributed by atoms with Gasteiger partial charge in [0.2, 0.25) is 10.0 Å². The van der Waals surface area contributed by atoms with Gasteiger partial charge in [-0.05, 0) is 18.8 Å². The van der Waals surface area contributed by atoms with Crippen molar-refractivity contribution in [1.82, 2.24) is 4.72 Å². The fourth-order valence-electron chi connectivity index (χ4n) is 1.38. The number of hydrogen-bond donors (Lipinski definition) is 2. The minimum absolute atomic E-state index is 0.0486. The molecule has 0 aromatic carbocycles. The molecule has 0 saturated heterocycles. The van der Waals surface area contributed by atoms with Crippen LogP contribution in [0, 0.1) is 11.8 Å². The van der Waals surface area contributed by atoms with Crippen molar-refractivity contribution in [2.75, 3.05) is 12.3 Å². The number of nitrogens with one attached hydrogen (secondary N) is 1. The first-order valence-electron chi connectivity index (χ1n) is 5.59. The van der Waals surface area contributed by atoms with Crippen molar-refractivity contribution in [3.63, 3.8) is 0 Å². The normalized spacial score (nSPS) is 13.6. The van der Waals surface area contributed by atoms with Crippen molar-refractivity contribution in [1.29, 1.82) is 0 Å². The summed E-state index contributed by atoms with van der Waals surface area (Å²) in [4.78, 5) is 10.9. The van der Waals surface area contributed by atoms with E-state index in [2.05, 4.69) is 11.3 Å². The van der Waals surface area contributed by atoms with E-state index >= 15 is 0 Å². The van der Waals surface area contributed by atoms with Gasteiger partial charge in [-0.3, -0.25) is 4.79 Å². The second-order valence-electron chi connectivity index (χ2n) is 4.41. The molecule has 0 aromatic heterocycles. The van der Waals surface area contributed by atoms with Crippen LogP contribution in [-0.4, -0.2) is 31.8 Å². The molecule has 5 nitrogen and oxygen atoms in total. The van der Waals surface area contributed by atoms with E-state index in [4.69, 9.17) is 5.11 Å². The van der Waals surface area contributed by atoms with Crippen LogP contribution in [0.1, 0.15) is 26.7 Å². The summed E-state index contributed by atoms with van der Waals surface area (Å²) in [6.45, 7) is 7.20. The summed E-state index contributed by atoms with van der Waals surface area (Å²) in [7, 11) is -3.39. The molecule has 17 heavy (non-hydrogen) atoms. The predicted molar refractivity (Wildman–Crippen MR) is 67.2 cm³/mol. The Kier molecular flexibility index (Phi) is 7.06. The summed E-state index contributed by atoms with van der Waals surface area (Å²) < 4.78 is 25.2. The highest BCUT2D eigenvalue weighted by Gasteiger charge is 2.21. The molecular formula is C11H21NO4S. The van der Waals surface area contributed by atoms with Crippen molar-refractivity contribution < 1.29 is 18.3 Å². The second kappa shape index (κ2) is 7.45. The standard InChI is InChI=1S/C11H21NO4S/c1-4-5-6-17(15,16)12-8-10(11(13)14)7-9(2)3/h4,9-10,12H,1,5-8H2,2-3H3,(H,13,14). The molecule has 0 heterocycles. The second-order valence-corrected chi connectivity index (χ2v) is 6.34. The van der Waals surface area contributed by atoms with Gasteiger partial charge in [0.15, 0.2) is 0 Å². The smallest absolute Gasteiger partial charge is 0.307 e. The minimum atomic E-state index is -3.39. The number of aliphatic carboxylic acids is 1. The number of rotatable bonds is 9. The Hall–Kier alpha value is -0.880. The largest absolute Gasteiger partial charge is 0.481 e. The molecule has 1 atom stereocenters. The Labute approximate surface area is 103 Å². The summed E-state index contributed by atoms with van der Waals surface area (Å²) in [6.07, 6.45) is 2.33. The minimum Gasteiger partial charge on any atom is -0.481 e. The van der Waals surface area contributed by atoms with Crippen LogP contribution in [0.5, 0.6) is 0 Å². The highest BCUT2D eigenvalue weighted by molar-refractivity contribution is 7.89. The Bertz CT molecular complexity index is 348. The van der Waals surface area contributed by atoms with Crippen LogP contribution in [0.25, 0.3) is 0 Å². The molecule has 0 aliphatic heterocycles. The molecule has 0 spiro atoms. The number of hydrogen-bond acceptors (Lipinski definition) is 3. The first-order chi connectivity index (χ1) is 7.78. The van der Waals surface area contributed by atoms with Crippen LogP contribution in [0.4, 0.5) is 0 Å². The van der Waals surface area contributed by atoms with Gasteiger partial charge in [0, 0.05) is 6.54 Å². The lowest BCUT2D eigenvalue weighted by Crippen LogP contribution is -2.34. The molecule has 100 valence electrons. The highest BCUT2D eigenvalue weighted by Crippen LogP contribution is 2.11. The Morgan fingerprint density at radius 2 is 2.06 bits per heavy atom. The zero-order valence-electron chi connectivity index (χ0n) is 10.3. The molecule has 0 radical (unpaired) electrons. The average Bonchev–Trinajstić information content (AvgIpc) is 2.20. The lowest BCUT2D eigenvalue weighted by molar-refractivity contribution is -0.142. The summed E-state index contributed by atoms with van der Waals surface area (Å²) >= 11 is 0. The topological polar surface area (TPSA) is 83.5 Å². The molecule has 2 N–H and O–H groups in total. The maximum absolute atomic E-state index is 11.5. The van der Waals surface area contributed by atoms with Crippen LogP contribution >= 0.6 is 0 Å². The molecule has 0 bridgehead atoms. The van der Waals surface area contributed by atoms with Crippen molar-refractivity contribution in [3.05, 3.63) is 12.7 Å². The summed E-state index contributed by atoms with van der Waals surface area (Å²) in [5.74, 6) is -1.47. The van der Waals surface area contributed by atoms with E-state index in [0.717, 1.165) is 0 Å².